The Morgan fingerprint density at radius 1 is 1.52 bits per heavy atom. The van der Waals surface area contributed by atoms with Crippen molar-refractivity contribution in [3.05, 3.63) is 22.4 Å². The third-order valence-corrected chi connectivity index (χ3v) is 3.85. The number of carboxylic acids is 1. The van der Waals surface area contributed by atoms with Crippen molar-refractivity contribution in [3.63, 3.8) is 0 Å². The van der Waals surface area contributed by atoms with Gasteiger partial charge in [-0.2, -0.15) is 0 Å². The van der Waals surface area contributed by atoms with E-state index in [0.29, 0.717) is 25.4 Å². The Bertz CT molecular complexity index is 541. The zero-order valence-electron chi connectivity index (χ0n) is 12.1. The molecule has 0 spiro atoms. The lowest BCUT2D eigenvalue weighted by atomic mass is 10.2. The molecule has 2 heterocycles. The fraction of sp³-hybridized carbons (Fsp3) is 0.571. The fourth-order valence-electron chi connectivity index (χ4n) is 2.43. The Morgan fingerprint density at radius 2 is 2.24 bits per heavy atom. The summed E-state index contributed by atoms with van der Waals surface area (Å²) in [7, 11) is 0. The summed E-state index contributed by atoms with van der Waals surface area (Å²) in [6.07, 6.45) is 1.36. The minimum atomic E-state index is -0.914. The van der Waals surface area contributed by atoms with Gasteiger partial charge in [0.25, 0.3) is 5.91 Å². The lowest BCUT2D eigenvalue weighted by Gasteiger charge is -2.32. The van der Waals surface area contributed by atoms with Crippen molar-refractivity contribution in [2.24, 2.45) is 0 Å². The maximum absolute atomic E-state index is 12.7. The number of carbonyl (C=O) groups is 2. The first kappa shape index (κ1) is 16.0. The Morgan fingerprint density at radius 3 is 2.86 bits per heavy atom. The summed E-state index contributed by atoms with van der Waals surface area (Å²) < 4.78 is 8.16. The van der Waals surface area contributed by atoms with Gasteiger partial charge in [-0.1, -0.05) is 0 Å². The van der Waals surface area contributed by atoms with Crippen LogP contribution < -0.4 is 0 Å². The molecular weight excluding hydrogens is 340 g/mol. The molecule has 0 aromatic carbocycles. The molecule has 1 N–H and O–H groups in total. The number of carbonyl (C=O) groups excluding carboxylic acids is 1. The normalized spacial score (nSPS) is 19.0. The molecule has 1 fully saturated rings. The molecule has 0 bridgehead atoms. The van der Waals surface area contributed by atoms with Gasteiger partial charge in [-0.3, -0.25) is 9.59 Å². The summed E-state index contributed by atoms with van der Waals surface area (Å²) in [4.78, 5) is 25.1. The predicted molar refractivity (Wildman–Crippen MR) is 80.4 cm³/mol. The van der Waals surface area contributed by atoms with Gasteiger partial charge in [0.15, 0.2) is 0 Å². The second-order valence-corrected chi connectivity index (χ2v) is 6.30. The maximum Gasteiger partial charge on any atom is 0.306 e. The van der Waals surface area contributed by atoms with E-state index in [9.17, 15) is 9.59 Å². The number of ether oxygens (including phenoxy) is 1. The molecule has 1 aliphatic heterocycles. The lowest BCUT2D eigenvalue weighted by molar-refractivity contribution is -0.141. The van der Waals surface area contributed by atoms with Gasteiger partial charge >= 0.3 is 5.97 Å². The van der Waals surface area contributed by atoms with Gasteiger partial charge in [-0.15, -0.1) is 0 Å². The second-order valence-electron chi connectivity index (χ2n) is 5.39. The van der Waals surface area contributed by atoms with E-state index in [4.69, 9.17) is 9.84 Å². The Balaban J connectivity index is 2.14. The van der Waals surface area contributed by atoms with Crippen LogP contribution in [0.3, 0.4) is 0 Å². The van der Waals surface area contributed by atoms with Crippen molar-refractivity contribution >= 4 is 27.8 Å². The molecule has 1 saturated heterocycles. The summed E-state index contributed by atoms with van der Waals surface area (Å²) in [6, 6.07) is 1.97. The molecule has 2 rings (SSSR count). The van der Waals surface area contributed by atoms with Crippen molar-refractivity contribution in [1.82, 2.24) is 9.47 Å². The number of amides is 1. The standard InChI is InChI=1S/C14H19BrN2O4/c1-9(2)17-7-10(15)5-12(17)14(20)16-3-4-21-11(8-16)6-13(18)19/h5,7,9,11H,3-4,6,8H2,1-2H3,(H,18,19)/t11-/m0/s1. The number of hydrogen-bond donors (Lipinski definition) is 1. The van der Waals surface area contributed by atoms with E-state index in [2.05, 4.69) is 15.9 Å². The van der Waals surface area contributed by atoms with Gasteiger partial charge in [0.05, 0.1) is 19.1 Å². The van der Waals surface area contributed by atoms with Gasteiger partial charge in [0.1, 0.15) is 5.69 Å². The van der Waals surface area contributed by atoms with Crippen LogP contribution in [0.5, 0.6) is 0 Å². The van der Waals surface area contributed by atoms with Crippen molar-refractivity contribution < 1.29 is 19.4 Å². The topological polar surface area (TPSA) is 71.8 Å². The monoisotopic (exact) mass is 358 g/mol. The average molecular weight is 359 g/mol. The van der Waals surface area contributed by atoms with E-state index in [1.54, 1.807) is 11.0 Å². The van der Waals surface area contributed by atoms with E-state index in [0.717, 1.165) is 4.47 Å². The average Bonchev–Trinajstić information content (AvgIpc) is 2.80. The van der Waals surface area contributed by atoms with E-state index in [1.165, 1.54) is 0 Å². The fourth-order valence-corrected chi connectivity index (χ4v) is 2.87. The van der Waals surface area contributed by atoms with E-state index in [-0.39, 0.29) is 18.4 Å². The Hall–Kier alpha value is -1.34. The molecule has 7 heteroatoms. The van der Waals surface area contributed by atoms with Crippen LogP contribution in [0.1, 0.15) is 36.8 Å². The molecule has 0 aliphatic carbocycles. The highest BCUT2D eigenvalue weighted by atomic mass is 79.9. The molecule has 1 amide bonds. The summed E-state index contributed by atoms with van der Waals surface area (Å²) in [5.74, 6) is -1.00. The molecule has 0 unspecified atom stereocenters. The highest BCUT2D eigenvalue weighted by molar-refractivity contribution is 9.10. The largest absolute Gasteiger partial charge is 0.481 e. The lowest BCUT2D eigenvalue weighted by Crippen LogP contribution is -2.46. The molecule has 6 nitrogen and oxygen atoms in total. The minimum Gasteiger partial charge on any atom is -0.481 e. The molecule has 1 aromatic rings. The Labute approximate surface area is 131 Å². The summed E-state index contributed by atoms with van der Waals surface area (Å²) in [5.41, 5.74) is 0.604. The smallest absolute Gasteiger partial charge is 0.306 e. The van der Waals surface area contributed by atoms with Crippen LogP contribution in [-0.4, -0.2) is 52.3 Å². The second kappa shape index (κ2) is 6.62. The van der Waals surface area contributed by atoms with Crippen LogP contribution in [0.4, 0.5) is 0 Å². The Kier molecular flexibility index (Phi) is 5.05. The van der Waals surface area contributed by atoms with Gasteiger partial charge in [0.2, 0.25) is 0 Å². The number of rotatable bonds is 4. The third kappa shape index (κ3) is 3.85. The zero-order chi connectivity index (χ0) is 15.6. The van der Waals surface area contributed by atoms with Crippen molar-refractivity contribution in [2.45, 2.75) is 32.4 Å². The van der Waals surface area contributed by atoms with Crippen molar-refractivity contribution in [3.8, 4) is 0 Å². The van der Waals surface area contributed by atoms with Crippen LogP contribution in [0.15, 0.2) is 16.7 Å². The SMILES string of the molecule is CC(C)n1cc(Br)cc1C(=O)N1CCO[C@@H](CC(=O)O)C1. The van der Waals surface area contributed by atoms with Crippen molar-refractivity contribution in [1.29, 1.82) is 0 Å². The molecule has 116 valence electrons. The van der Waals surface area contributed by atoms with Crippen LogP contribution in [0.25, 0.3) is 0 Å². The molecule has 1 atom stereocenters. The van der Waals surface area contributed by atoms with Gasteiger partial charge in [-0.05, 0) is 35.8 Å². The van der Waals surface area contributed by atoms with Gasteiger partial charge in [-0.25, -0.2) is 0 Å². The number of aliphatic carboxylic acids is 1. The number of carboxylic acid groups (broad SMARTS) is 1. The van der Waals surface area contributed by atoms with Gasteiger partial charge < -0.3 is 19.3 Å². The zero-order valence-corrected chi connectivity index (χ0v) is 13.7. The molecule has 0 saturated carbocycles. The van der Waals surface area contributed by atoms with E-state index in [1.807, 2.05) is 24.6 Å². The number of nitrogens with zero attached hydrogens (tertiary/aromatic N) is 2. The van der Waals surface area contributed by atoms with Crippen molar-refractivity contribution in [2.75, 3.05) is 19.7 Å². The number of aromatic nitrogens is 1. The quantitative estimate of drug-likeness (QED) is 0.894. The van der Waals surface area contributed by atoms with Crippen LogP contribution in [0.2, 0.25) is 0 Å². The highest BCUT2D eigenvalue weighted by Gasteiger charge is 2.28. The predicted octanol–water partition coefficient (Wildman–Crippen LogP) is 2.15. The summed E-state index contributed by atoms with van der Waals surface area (Å²) in [6.45, 7) is 5.18. The number of morpholine rings is 1. The van der Waals surface area contributed by atoms with Crippen LogP contribution in [-0.2, 0) is 9.53 Å². The summed E-state index contributed by atoms with van der Waals surface area (Å²) >= 11 is 3.39. The molecule has 1 aromatic heterocycles. The van der Waals surface area contributed by atoms with Gasteiger partial charge in [0, 0.05) is 29.8 Å². The molecular formula is C14H19BrN2O4. The number of halogens is 1. The van der Waals surface area contributed by atoms with Crippen LogP contribution in [0, 0.1) is 0 Å². The first-order valence-corrected chi connectivity index (χ1v) is 7.68. The molecule has 21 heavy (non-hydrogen) atoms. The minimum absolute atomic E-state index is 0.0847. The number of hydrogen-bond acceptors (Lipinski definition) is 3. The molecule has 1 aliphatic rings. The first-order chi connectivity index (χ1) is 9.88. The van der Waals surface area contributed by atoms with Crippen LogP contribution >= 0.6 is 15.9 Å². The maximum atomic E-state index is 12.7. The summed E-state index contributed by atoms with van der Waals surface area (Å²) in [5, 5.41) is 8.83. The first-order valence-electron chi connectivity index (χ1n) is 6.88. The third-order valence-electron chi connectivity index (χ3n) is 3.42. The molecule has 0 radical (unpaired) electrons. The van der Waals surface area contributed by atoms with E-state index >= 15 is 0 Å². The van der Waals surface area contributed by atoms with E-state index < -0.39 is 12.1 Å². The highest BCUT2D eigenvalue weighted by Crippen LogP contribution is 2.22.